The summed E-state index contributed by atoms with van der Waals surface area (Å²) in [5, 5.41) is 3.22. The molecule has 2 heteroatoms. The first kappa shape index (κ1) is 16.7. The predicted octanol–water partition coefficient (Wildman–Crippen LogP) is 6.82. The molecule has 0 fully saturated rings. The minimum Gasteiger partial charge on any atom is -0.456 e. The Hall–Kier alpha value is -2.19. The fourth-order valence-corrected chi connectivity index (χ4v) is 3.30. The second kappa shape index (κ2) is 7.14. The third-order valence-electron chi connectivity index (χ3n) is 4.30. The first-order valence-electron chi connectivity index (χ1n) is 8.11. The van der Waals surface area contributed by atoms with E-state index in [0.29, 0.717) is 0 Å². The molecule has 0 unspecified atom stereocenters. The van der Waals surface area contributed by atoms with Crippen molar-refractivity contribution >= 4 is 27.6 Å². The van der Waals surface area contributed by atoms with Crippen LogP contribution < -0.4 is 0 Å². The van der Waals surface area contributed by atoms with E-state index >= 15 is 0 Å². The molecule has 3 rings (SSSR count). The number of hydrogen-bond donors (Lipinski definition) is 0. The van der Waals surface area contributed by atoms with Crippen LogP contribution in [0.15, 0.2) is 64.9 Å². The van der Waals surface area contributed by atoms with Crippen molar-refractivity contribution in [2.24, 2.45) is 0 Å². The van der Waals surface area contributed by atoms with Gasteiger partial charge in [-0.1, -0.05) is 54.7 Å². The van der Waals surface area contributed by atoms with Gasteiger partial charge in [0, 0.05) is 10.3 Å². The highest BCUT2D eigenvalue weighted by atomic mass is 32.2. The van der Waals surface area contributed by atoms with Crippen LogP contribution in [0.4, 0.5) is 0 Å². The van der Waals surface area contributed by atoms with Crippen molar-refractivity contribution in [1.29, 1.82) is 0 Å². The van der Waals surface area contributed by atoms with E-state index in [2.05, 4.69) is 57.0 Å². The molecule has 0 amide bonds. The summed E-state index contributed by atoms with van der Waals surface area (Å²) in [4.78, 5) is 0.930. The minimum atomic E-state index is 0.841. The normalized spacial score (nSPS) is 11.5. The molecule has 3 aromatic rings. The van der Waals surface area contributed by atoms with Gasteiger partial charge in [0.05, 0.1) is 0 Å². The highest BCUT2D eigenvalue weighted by Gasteiger charge is 2.06. The average molecular weight is 334 g/mol. The van der Waals surface area contributed by atoms with Crippen molar-refractivity contribution in [1.82, 2.24) is 0 Å². The van der Waals surface area contributed by atoms with Gasteiger partial charge in [-0.2, -0.15) is 0 Å². The lowest BCUT2D eigenvalue weighted by Gasteiger charge is -2.07. The number of benzene rings is 2. The average Bonchev–Trinajstić information content (AvgIpc) is 3.00. The van der Waals surface area contributed by atoms with Crippen molar-refractivity contribution in [3.05, 3.63) is 88.5 Å². The van der Waals surface area contributed by atoms with E-state index < -0.39 is 0 Å². The molecule has 2 aromatic carbocycles. The Kier molecular flexibility index (Phi) is 4.96. The van der Waals surface area contributed by atoms with Crippen LogP contribution in [0.25, 0.3) is 15.9 Å². The van der Waals surface area contributed by atoms with Gasteiger partial charge in [-0.25, -0.2) is 0 Å². The molecule has 0 aliphatic heterocycles. The van der Waals surface area contributed by atoms with Gasteiger partial charge in [0.2, 0.25) is 0 Å². The van der Waals surface area contributed by atoms with Gasteiger partial charge in [-0.05, 0) is 67.0 Å². The second-order valence-corrected chi connectivity index (χ2v) is 7.13. The zero-order valence-corrected chi connectivity index (χ0v) is 15.2. The Bertz CT molecular complexity index is 882. The van der Waals surface area contributed by atoms with Gasteiger partial charge < -0.3 is 4.42 Å². The Balaban J connectivity index is 1.64. The molecule has 0 saturated carbocycles. The van der Waals surface area contributed by atoms with Gasteiger partial charge in [0.15, 0.2) is 0 Å². The highest BCUT2D eigenvalue weighted by molar-refractivity contribution is 8.10. The molecule has 122 valence electrons. The fraction of sp³-hybridized carbons (Fsp3) is 0.182. The topological polar surface area (TPSA) is 13.1 Å². The van der Waals surface area contributed by atoms with Crippen LogP contribution in [0.5, 0.6) is 0 Å². The number of allylic oxidation sites excluding steroid dienone is 1. The van der Waals surface area contributed by atoms with E-state index in [1.807, 2.05) is 24.3 Å². The summed E-state index contributed by atoms with van der Waals surface area (Å²) in [7, 11) is 0. The van der Waals surface area contributed by atoms with Crippen molar-refractivity contribution in [2.45, 2.75) is 27.2 Å². The summed E-state index contributed by atoms with van der Waals surface area (Å²) in [5.74, 6) is 0.841. The lowest BCUT2D eigenvalue weighted by molar-refractivity contribution is 0.603. The Morgan fingerprint density at radius 2 is 1.79 bits per heavy atom. The summed E-state index contributed by atoms with van der Waals surface area (Å²) in [5.41, 5.74) is 6.34. The maximum Gasteiger partial charge on any atom is 0.141 e. The van der Waals surface area contributed by atoms with E-state index in [1.165, 1.54) is 22.3 Å². The third-order valence-corrected chi connectivity index (χ3v) is 5.11. The Morgan fingerprint density at radius 3 is 2.58 bits per heavy atom. The van der Waals surface area contributed by atoms with E-state index in [9.17, 15) is 0 Å². The van der Waals surface area contributed by atoms with E-state index in [-0.39, 0.29) is 0 Å². The summed E-state index contributed by atoms with van der Waals surface area (Å²) in [6.45, 7) is 10.6. The molecule has 0 radical (unpaired) electrons. The van der Waals surface area contributed by atoms with Crippen LogP contribution in [0.3, 0.4) is 0 Å². The number of rotatable bonds is 5. The highest BCUT2D eigenvalue weighted by Crippen LogP contribution is 2.31. The maximum atomic E-state index is 5.84. The van der Waals surface area contributed by atoms with Crippen molar-refractivity contribution < 1.29 is 4.42 Å². The quantitative estimate of drug-likeness (QED) is 0.508. The SMILES string of the molecule is C=C(S/C=C/Cc1cc(C)c(C)cc1C)c1cc2ccccc2o1. The van der Waals surface area contributed by atoms with Gasteiger partial charge >= 0.3 is 0 Å². The summed E-state index contributed by atoms with van der Waals surface area (Å²) in [6.07, 6.45) is 3.13. The number of thioether (sulfide) groups is 1. The molecule has 0 aliphatic rings. The Morgan fingerprint density at radius 1 is 1.04 bits per heavy atom. The smallest absolute Gasteiger partial charge is 0.141 e. The zero-order chi connectivity index (χ0) is 17.1. The fourth-order valence-electron chi connectivity index (χ4n) is 2.72. The largest absolute Gasteiger partial charge is 0.456 e. The Labute approximate surface area is 148 Å². The molecule has 0 spiro atoms. The molecule has 1 heterocycles. The monoisotopic (exact) mass is 334 g/mol. The van der Waals surface area contributed by atoms with Crippen LogP contribution in [-0.2, 0) is 6.42 Å². The number of furan rings is 1. The molecule has 1 nitrogen and oxygen atoms in total. The first-order valence-corrected chi connectivity index (χ1v) is 8.99. The molecule has 1 aromatic heterocycles. The number of para-hydroxylation sites is 1. The van der Waals surface area contributed by atoms with Gasteiger partial charge in [-0.15, -0.1) is 0 Å². The number of fused-ring (bicyclic) bond motifs is 1. The summed E-state index contributed by atoms with van der Waals surface area (Å²) >= 11 is 1.61. The molecular weight excluding hydrogens is 312 g/mol. The summed E-state index contributed by atoms with van der Waals surface area (Å²) < 4.78 is 5.84. The van der Waals surface area contributed by atoms with Crippen LogP contribution >= 0.6 is 11.8 Å². The number of aryl methyl sites for hydroxylation is 3. The molecule has 0 aliphatic carbocycles. The standard InChI is InChI=1S/C22H22OS/c1-15-12-17(3)19(13-16(15)2)9-7-11-24-18(4)22-14-20-8-5-6-10-21(20)23-22/h5-8,10-14H,4,9H2,1-3H3/b11-7+. The van der Waals surface area contributed by atoms with Crippen LogP contribution in [0.2, 0.25) is 0 Å². The van der Waals surface area contributed by atoms with Crippen LogP contribution in [-0.4, -0.2) is 0 Å². The second-order valence-electron chi connectivity index (χ2n) is 6.13. The van der Waals surface area contributed by atoms with Crippen molar-refractivity contribution in [3.8, 4) is 0 Å². The summed E-state index contributed by atoms with van der Waals surface area (Å²) in [6, 6.07) is 14.6. The molecule has 0 saturated heterocycles. The van der Waals surface area contributed by atoms with Gasteiger partial charge in [0.1, 0.15) is 11.3 Å². The zero-order valence-electron chi connectivity index (χ0n) is 14.4. The molecule has 0 N–H and O–H groups in total. The maximum absolute atomic E-state index is 5.84. The molecular formula is C22H22OS. The molecule has 0 bridgehead atoms. The number of hydrogen-bond acceptors (Lipinski definition) is 2. The van der Waals surface area contributed by atoms with Crippen molar-refractivity contribution in [2.75, 3.05) is 0 Å². The minimum absolute atomic E-state index is 0.841. The lowest BCUT2D eigenvalue weighted by atomic mass is 9.99. The van der Waals surface area contributed by atoms with Crippen molar-refractivity contribution in [3.63, 3.8) is 0 Å². The third kappa shape index (κ3) is 3.65. The van der Waals surface area contributed by atoms with E-state index in [4.69, 9.17) is 4.42 Å². The van der Waals surface area contributed by atoms with Crippen LogP contribution in [0.1, 0.15) is 28.0 Å². The van der Waals surface area contributed by atoms with Crippen LogP contribution in [0, 0.1) is 20.8 Å². The molecule has 0 atom stereocenters. The first-order chi connectivity index (χ1) is 11.5. The molecule has 24 heavy (non-hydrogen) atoms. The van der Waals surface area contributed by atoms with Gasteiger partial charge in [-0.3, -0.25) is 0 Å². The lowest BCUT2D eigenvalue weighted by Crippen LogP contribution is -1.91. The van der Waals surface area contributed by atoms with E-state index in [0.717, 1.165) is 28.1 Å². The van der Waals surface area contributed by atoms with Gasteiger partial charge in [0.25, 0.3) is 0 Å². The van der Waals surface area contributed by atoms with E-state index in [1.54, 1.807) is 11.8 Å². The predicted molar refractivity (Wildman–Crippen MR) is 106 cm³/mol.